The average molecular weight is 2130 g/mol. The number of rotatable bonds is 36. The molecule has 3 atom stereocenters. The Morgan fingerprint density at radius 3 is 1.01 bits per heavy atom. The van der Waals surface area contributed by atoms with Crippen LogP contribution in [0.1, 0.15) is 85.5 Å². The van der Waals surface area contributed by atoms with Crippen molar-refractivity contribution in [2.45, 2.75) is 192 Å². The molecule has 0 aromatic carbocycles. The molecule has 3 fully saturated rings. The lowest BCUT2D eigenvalue weighted by Crippen LogP contribution is -2.44. The maximum atomic E-state index is 13.9. The zero-order valence-corrected chi connectivity index (χ0v) is 82.4. The fourth-order valence-electron chi connectivity index (χ4n) is 10.1. The number of imidazole rings is 4. The zero-order valence-electron chi connectivity index (χ0n) is 74.6. The number of nitrogens with two attached hydrogens (primary N) is 6. The van der Waals surface area contributed by atoms with Crippen molar-refractivity contribution < 1.29 is 128 Å². The number of aromatic nitrogens is 16. The van der Waals surface area contributed by atoms with Crippen LogP contribution < -0.4 is 60.5 Å². The first-order valence-corrected chi connectivity index (χ1v) is 55.6. The summed E-state index contributed by atoms with van der Waals surface area (Å²) in [7, 11) is -12.4. The van der Waals surface area contributed by atoms with Crippen molar-refractivity contribution in [1.29, 1.82) is 5.26 Å². The van der Waals surface area contributed by atoms with Gasteiger partial charge in [-0.05, 0) is 105 Å². The monoisotopic (exact) mass is 2130 g/mol. The van der Waals surface area contributed by atoms with Crippen LogP contribution >= 0.6 is 68.6 Å². The van der Waals surface area contributed by atoms with Gasteiger partial charge in [0.05, 0.1) is 77.0 Å². The van der Waals surface area contributed by atoms with E-state index in [0.717, 1.165) is 51.4 Å². The van der Waals surface area contributed by atoms with E-state index in [4.69, 9.17) is 88.5 Å². The number of halogens is 15. The highest BCUT2D eigenvalue weighted by Crippen LogP contribution is 2.40. The summed E-state index contributed by atoms with van der Waals surface area (Å²) in [5.41, 5.74) is 33.8. The molecule has 0 spiro atoms. The minimum Gasteiger partial charge on any atom is -0.461 e. The molecule has 11 rings (SSSR count). The normalized spacial score (nSPS) is 14.5. The Kier molecular flexibility index (Phi) is 48.9. The van der Waals surface area contributed by atoms with Crippen LogP contribution in [-0.4, -0.2) is 278 Å². The van der Waals surface area contributed by atoms with Crippen LogP contribution in [0.5, 0.6) is 0 Å². The van der Waals surface area contributed by atoms with E-state index in [0.29, 0.717) is 36.5 Å². The molecule has 134 heavy (non-hydrogen) atoms. The molecular formula is C70H113BrCl2F12N28O16P4Si. The Bertz CT molecular complexity index is 5100. The van der Waals surface area contributed by atoms with Crippen LogP contribution in [-0.2, 0) is 92.0 Å². The van der Waals surface area contributed by atoms with Crippen molar-refractivity contribution in [3.8, 4) is 6.07 Å². The fourth-order valence-corrected chi connectivity index (χ4v) is 13.9. The second-order valence-electron chi connectivity index (χ2n) is 31.3. The number of nitrogens with one attached hydrogen (secondary N) is 5. The van der Waals surface area contributed by atoms with Crippen LogP contribution in [0, 0.1) is 11.3 Å². The van der Waals surface area contributed by atoms with Gasteiger partial charge in [-0.25, -0.2) is 30.1 Å². The lowest BCUT2D eigenvalue weighted by Gasteiger charge is -2.30. The summed E-state index contributed by atoms with van der Waals surface area (Å²) < 4.78 is 235. The van der Waals surface area contributed by atoms with Gasteiger partial charge in [0.2, 0.25) is 31.2 Å². The van der Waals surface area contributed by atoms with E-state index in [-0.39, 0.29) is 157 Å². The number of anilines is 7. The smallest absolute Gasteiger partial charge is 0.405 e. The first kappa shape index (κ1) is 120. The summed E-state index contributed by atoms with van der Waals surface area (Å²) in [6, 6.07) is -0.634. The molecule has 3 aliphatic rings. The summed E-state index contributed by atoms with van der Waals surface area (Å²) in [6.07, 6.45) is -4.46. The summed E-state index contributed by atoms with van der Waals surface area (Å²) in [5.74, 6) is -2.38. The fraction of sp³-hybridized carbons (Fsp3) is 0.657. The van der Waals surface area contributed by atoms with Crippen molar-refractivity contribution >= 4 is 179 Å². The molecule has 8 aromatic rings. The van der Waals surface area contributed by atoms with Gasteiger partial charge in [-0.15, -0.1) is 27.7 Å². The van der Waals surface area contributed by atoms with Gasteiger partial charge in [-0.3, -0.25) is 23.5 Å². The molecule has 3 aliphatic carbocycles. The third-order valence-corrected chi connectivity index (χ3v) is 21.2. The number of fused-ring (bicyclic) bond motifs is 4. The minimum absolute atomic E-state index is 0. The molecule has 0 bridgehead atoms. The number of alkyl halides is 12. The molecule has 19 N–H and O–H groups in total. The molecule has 8 heterocycles. The van der Waals surface area contributed by atoms with Crippen molar-refractivity contribution in [2.24, 2.45) is 11.5 Å². The van der Waals surface area contributed by atoms with Gasteiger partial charge in [0, 0.05) is 33.1 Å². The number of ether oxygens (including phenoxy) is 7. The molecule has 8 aromatic heterocycles. The largest absolute Gasteiger partial charge is 0.461 e. The summed E-state index contributed by atoms with van der Waals surface area (Å²) in [5, 5.41) is 19.5. The van der Waals surface area contributed by atoms with Crippen LogP contribution in [0.25, 0.3) is 44.7 Å². The molecule has 0 aliphatic heterocycles. The van der Waals surface area contributed by atoms with Crippen molar-refractivity contribution in [3.05, 3.63) is 30.5 Å². The van der Waals surface area contributed by atoms with Gasteiger partial charge in [0.15, 0.2) is 61.7 Å². The van der Waals surface area contributed by atoms with Crippen LogP contribution in [0.4, 0.5) is 93.9 Å². The van der Waals surface area contributed by atoms with E-state index in [1.54, 1.807) is 55.1 Å². The molecule has 3 saturated carbocycles. The van der Waals surface area contributed by atoms with Gasteiger partial charge in [0.25, 0.3) is 0 Å². The van der Waals surface area contributed by atoms with Gasteiger partial charge in [0.1, 0.15) is 95.3 Å². The van der Waals surface area contributed by atoms with Gasteiger partial charge < -0.3 is 121 Å². The van der Waals surface area contributed by atoms with E-state index in [9.17, 15) is 85.3 Å². The quantitative estimate of drug-likeness (QED) is 0.00253. The molecule has 64 heteroatoms. The summed E-state index contributed by atoms with van der Waals surface area (Å²) >= 11 is 9.44. The highest BCUT2D eigenvalue weighted by molar-refractivity contribution is 9.26. The molecule has 0 unspecified atom stereocenters. The lowest BCUT2D eigenvalue weighted by molar-refractivity contribution is -0.155. The maximum Gasteiger partial charge on any atom is 0.405 e. The first-order valence-electron chi connectivity index (χ1n) is 40.2. The Morgan fingerprint density at radius 2 is 0.761 bits per heavy atom. The molecule has 44 nitrogen and oxygen atoms in total. The summed E-state index contributed by atoms with van der Waals surface area (Å²) in [6.45, 7) is 15.2. The van der Waals surface area contributed by atoms with Crippen molar-refractivity contribution in [3.63, 3.8) is 0 Å². The predicted molar refractivity (Wildman–Crippen MR) is 485 cm³/mol. The van der Waals surface area contributed by atoms with Crippen molar-refractivity contribution in [1.82, 2.24) is 88.3 Å². The Labute approximate surface area is 781 Å². The van der Waals surface area contributed by atoms with E-state index >= 15 is 0 Å². The van der Waals surface area contributed by atoms with Gasteiger partial charge in [-0.1, -0.05) is 31.2 Å². The molecule has 0 saturated heterocycles. The second-order valence-corrected chi connectivity index (χ2v) is 53.6. The third-order valence-electron chi connectivity index (χ3n) is 16.6. The van der Waals surface area contributed by atoms with E-state index in [2.05, 4.69) is 127 Å². The molecule has 758 valence electrons. The number of esters is 3. The maximum absolute atomic E-state index is 13.9. The Morgan fingerprint density at radius 1 is 0.507 bits per heavy atom. The SMILES string of the molecule is CC#N.CP(C)(=O)COCCn1cnc2c(Cl)nc(N)nc21.CP(C)(=O)COCCn1cnc2c(NCC(F)(F)F)nc(N)nc21.C[C@H](N)C(=O)OC1CCC1.C[C@H](NP(=O)(COCCn1cnc2c(NCC(F)(F)F)nc(N)nc21)N[C@@H](C)C(=O)OC1CCC1)C(=O)OC1CCC1.C[Si](C)(C)Br.Cl.NCC(F)(F)F.Nc1nc(NCC(F)(F)F)c2ncn(CCOCP(=O)(O)O)c2n1. The first-order chi connectivity index (χ1) is 61.5. The van der Waals surface area contributed by atoms with Crippen LogP contribution in [0.2, 0.25) is 24.8 Å². The topological polar surface area (TPSA) is 639 Å². The number of hydrogen-bond acceptors (Lipinski definition) is 36. The number of carbonyl (C=O) groups is 3. The van der Waals surface area contributed by atoms with E-state index in [1.165, 1.54) is 55.3 Å². The number of hydrogen-bond donors (Lipinski definition) is 13. The van der Waals surface area contributed by atoms with Gasteiger partial charge >= 0.3 is 50.2 Å². The number of nitrogen functional groups attached to an aromatic ring is 4. The van der Waals surface area contributed by atoms with Crippen LogP contribution in [0.15, 0.2) is 25.3 Å². The number of nitrogens with zero attached hydrogens (tertiary/aromatic N) is 17. The van der Waals surface area contributed by atoms with Gasteiger partial charge in [-0.2, -0.15) is 97.8 Å². The average Bonchev–Trinajstić information content (AvgIpc) is 1.67. The number of carbonyl (C=O) groups excluding carboxylic acids is 3. The highest BCUT2D eigenvalue weighted by Gasteiger charge is 2.37. The standard InChI is InChI=1S/C24H36F3N8O6P.C12H18F3N6O2P.C10H15ClN5O2P.C10H14F3N6O4P.C7H13NO2.C3H9BrSi.C2H4F3N.C2H3N.ClH/c1-14(21(36)40-16-5-3-6-16)33-42(38,34-15(2)22(37)41-17-7-4-8-17)13-39-10-9-35-12-30-18-19(29-11-24(25,26)27)31-23(28)32-20(18)35;1-24(2,22)7-23-4-3-21-6-18-8-9(17-5-12(13,14)15)19-11(16)20-10(8)21;1-19(2,17)6-18-4-3-16-5-13-7-8(11)14-10(12)15-9(7)16;11-10(12,13)3-15-7-6-8(18-9(14)17-7)19(4-16-6)1-2-23-5-24(20,21)22;1-5(8)7(9)10-6-3-2-4-6;1-5(2,3)4;3-2(4,5)1-6;1-2-3;/h12,14-17H,3-11,13H2,1-2H3,(H2,33,34,38)(H3,28,29,31,32);6H,3-5,7H2,1-2H3,(H3,16,17,19,20);5H,3-4,6H2,1-2H3,(H2,12,14,15);4H,1-3,5H2,(H2,20,21,22)(H3,14,15,17,18);5-6H,2-4,8H2,1H3;1-3H3;1,6H2;1H3;1H/t14-,15-;;;;5-;;;;/m0...0..../s1. The summed E-state index contributed by atoms with van der Waals surface area (Å²) in [4.78, 5) is 101. The molecular weight excluding hydrogens is 2020 g/mol. The second kappa shape index (κ2) is 54.7. The zero-order chi connectivity index (χ0) is 100. The molecule has 0 amide bonds. The van der Waals surface area contributed by atoms with E-state index < -0.39 is 130 Å². The Hall–Kier alpha value is -8.34. The van der Waals surface area contributed by atoms with Crippen molar-refractivity contribution in [2.75, 3.05) is 144 Å². The highest BCUT2D eigenvalue weighted by atomic mass is 79.9. The predicted octanol–water partition coefficient (Wildman–Crippen LogP) is 11.0. The van der Waals surface area contributed by atoms with Crippen LogP contribution in [0.3, 0.4) is 0 Å². The molecule has 0 radical (unpaired) electrons. The number of nitriles is 1. The lowest BCUT2D eigenvalue weighted by atomic mass is 9.96. The third kappa shape index (κ3) is 48.1. The Balaban J connectivity index is 0.000000436. The minimum atomic E-state index is -4.48. The van der Waals surface area contributed by atoms with E-state index in [1.807, 2.05) is 0 Å².